The third kappa shape index (κ3) is 2.86. The number of hydrogen-bond donors (Lipinski definition) is 2. The molecular formula is C14H14F3NO3. The SMILES string of the molecule is CC1(C)[C@H](C(=O)O)[C@@H]1C(=O)Nc1cccc(C(F)(F)F)c1. The highest BCUT2D eigenvalue weighted by atomic mass is 19.4. The highest BCUT2D eigenvalue weighted by molar-refractivity contribution is 5.99. The van der Waals surface area contributed by atoms with Gasteiger partial charge in [0.2, 0.25) is 5.91 Å². The maximum atomic E-state index is 12.6. The molecule has 1 aromatic carbocycles. The van der Waals surface area contributed by atoms with Crippen molar-refractivity contribution in [2.45, 2.75) is 20.0 Å². The molecule has 2 rings (SSSR count). The number of nitrogens with one attached hydrogen (secondary N) is 1. The molecule has 0 spiro atoms. The van der Waals surface area contributed by atoms with Gasteiger partial charge in [0.25, 0.3) is 0 Å². The maximum Gasteiger partial charge on any atom is 0.416 e. The number of anilines is 1. The van der Waals surface area contributed by atoms with Crippen molar-refractivity contribution in [1.82, 2.24) is 0 Å². The molecule has 2 atom stereocenters. The number of carbonyl (C=O) groups is 2. The minimum Gasteiger partial charge on any atom is -0.481 e. The summed E-state index contributed by atoms with van der Waals surface area (Å²) in [5.41, 5.74) is -1.57. The van der Waals surface area contributed by atoms with Crippen LogP contribution in [0.4, 0.5) is 18.9 Å². The lowest BCUT2D eigenvalue weighted by molar-refractivity contribution is -0.140. The number of carboxylic acid groups (broad SMARTS) is 1. The van der Waals surface area contributed by atoms with Crippen LogP contribution in [-0.2, 0) is 15.8 Å². The Morgan fingerprint density at radius 3 is 2.33 bits per heavy atom. The minimum atomic E-state index is -4.50. The Bertz CT molecular complexity index is 595. The molecule has 7 heteroatoms. The monoisotopic (exact) mass is 301 g/mol. The van der Waals surface area contributed by atoms with Crippen LogP contribution in [-0.4, -0.2) is 17.0 Å². The quantitative estimate of drug-likeness (QED) is 0.902. The van der Waals surface area contributed by atoms with Crippen molar-refractivity contribution >= 4 is 17.6 Å². The number of alkyl halides is 3. The zero-order valence-corrected chi connectivity index (χ0v) is 11.4. The van der Waals surface area contributed by atoms with Crippen molar-refractivity contribution in [2.24, 2.45) is 17.3 Å². The number of carbonyl (C=O) groups excluding carboxylic acids is 1. The zero-order chi connectivity index (χ0) is 16.0. The van der Waals surface area contributed by atoms with Crippen molar-refractivity contribution < 1.29 is 27.9 Å². The van der Waals surface area contributed by atoms with E-state index in [1.807, 2.05) is 0 Å². The van der Waals surface area contributed by atoms with Crippen molar-refractivity contribution in [3.8, 4) is 0 Å². The molecule has 0 radical (unpaired) electrons. The highest BCUT2D eigenvalue weighted by Gasteiger charge is 2.65. The summed E-state index contributed by atoms with van der Waals surface area (Å²) in [7, 11) is 0. The molecule has 114 valence electrons. The summed E-state index contributed by atoms with van der Waals surface area (Å²) in [6, 6.07) is 4.24. The lowest BCUT2D eigenvalue weighted by Crippen LogP contribution is -2.18. The van der Waals surface area contributed by atoms with Crippen LogP contribution in [0.15, 0.2) is 24.3 Å². The molecule has 1 saturated carbocycles. The summed E-state index contributed by atoms with van der Waals surface area (Å²) in [5, 5.41) is 11.4. The number of carboxylic acids is 1. The van der Waals surface area contributed by atoms with Gasteiger partial charge >= 0.3 is 12.1 Å². The average molecular weight is 301 g/mol. The Kier molecular flexibility index (Phi) is 3.47. The van der Waals surface area contributed by atoms with Crippen LogP contribution in [0, 0.1) is 17.3 Å². The van der Waals surface area contributed by atoms with E-state index in [1.54, 1.807) is 13.8 Å². The average Bonchev–Trinajstić information content (AvgIpc) is 2.92. The van der Waals surface area contributed by atoms with Gasteiger partial charge in [-0.15, -0.1) is 0 Å². The van der Waals surface area contributed by atoms with E-state index >= 15 is 0 Å². The van der Waals surface area contributed by atoms with Crippen LogP contribution in [0.1, 0.15) is 19.4 Å². The van der Waals surface area contributed by atoms with Gasteiger partial charge in [0.05, 0.1) is 17.4 Å². The van der Waals surface area contributed by atoms with Crippen molar-refractivity contribution in [3.05, 3.63) is 29.8 Å². The molecule has 0 bridgehead atoms. The summed E-state index contributed by atoms with van der Waals surface area (Å²) in [4.78, 5) is 23.0. The molecule has 0 aromatic heterocycles. The molecular weight excluding hydrogens is 287 g/mol. The fourth-order valence-corrected chi connectivity index (χ4v) is 2.58. The van der Waals surface area contributed by atoms with Crippen LogP contribution < -0.4 is 5.32 Å². The van der Waals surface area contributed by atoms with E-state index in [0.717, 1.165) is 12.1 Å². The fraction of sp³-hybridized carbons (Fsp3) is 0.429. The molecule has 21 heavy (non-hydrogen) atoms. The molecule has 1 fully saturated rings. The van der Waals surface area contributed by atoms with Crippen LogP contribution in [0.25, 0.3) is 0 Å². The smallest absolute Gasteiger partial charge is 0.416 e. The topological polar surface area (TPSA) is 66.4 Å². The second kappa shape index (κ2) is 4.75. The van der Waals surface area contributed by atoms with Gasteiger partial charge < -0.3 is 10.4 Å². The second-order valence-corrected chi connectivity index (χ2v) is 5.68. The first-order valence-corrected chi connectivity index (χ1v) is 6.26. The van der Waals surface area contributed by atoms with Crippen LogP contribution in [0.2, 0.25) is 0 Å². The van der Waals surface area contributed by atoms with Crippen LogP contribution >= 0.6 is 0 Å². The summed E-state index contributed by atoms with van der Waals surface area (Å²) >= 11 is 0. The molecule has 4 nitrogen and oxygen atoms in total. The van der Waals surface area contributed by atoms with E-state index < -0.39 is 40.9 Å². The van der Waals surface area contributed by atoms with Gasteiger partial charge in [-0.1, -0.05) is 19.9 Å². The summed E-state index contributed by atoms with van der Waals surface area (Å²) in [6.45, 7) is 3.28. The van der Waals surface area contributed by atoms with E-state index in [4.69, 9.17) is 5.11 Å². The van der Waals surface area contributed by atoms with E-state index in [1.165, 1.54) is 12.1 Å². The first-order chi connectivity index (χ1) is 9.55. The number of benzene rings is 1. The summed E-state index contributed by atoms with van der Waals surface area (Å²) in [6.07, 6.45) is -4.50. The number of hydrogen-bond acceptors (Lipinski definition) is 2. The fourth-order valence-electron chi connectivity index (χ4n) is 2.58. The molecule has 2 N–H and O–H groups in total. The van der Waals surface area contributed by atoms with E-state index in [9.17, 15) is 22.8 Å². The molecule has 1 aliphatic rings. The number of aliphatic carboxylic acids is 1. The number of rotatable bonds is 3. The van der Waals surface area contributed by atoms with Gasteiger partial charge in [-0.05, 0) is 23.6 Å². The summed E-state index contributed by atoms with van der Waals surface area (Å²) in [5.74, 6) is -3.22. The Morgan fingerprint density at radius 1 is 1.24 bits per heavy atom. The third-order valence-corrected chi connectivity index (χ3v) is 3.83. The van der Waals surface area contributed by atoms with Gasteiger partial charge in [0.1, 0.15) is 0 Å². The lowest BCUT2D eigenvalue weighted by atomic mass is 10.1. The van der Waals surface area contributed by atoms with Gasteiger partial charge in [-0.25, -0.2) is 0 Å². The maximum absolute atomic E-state index is 12.6. The van der Waals surface area contributed by atoms with E-state index in [2.05, 4.69) is 5.32 Å². The Hall–Kier alpha value is -2.05. The van der Waals surface area contributed by atoms with Crippen LogP contribution in [0.5, 0.6) is 0 Å². The van der Waals surface area contributed by atoms with Gasteiger partial charge in [-0.2, -0.15) is 13.2 Å². The molecule has 0 unspecified atom stereocenters. The first kappa shape index (κ1) is 15.3. The van der Waals surface area contributed by atoms with Gasteiger partial charge in [0, 0.05) is 5.69 Å². The van der Waals surface area contributed by atoms with Crippen molar-refractivity contribution in [1.29, 1.82) is 0 Å². The van der Waals surface area contributed by atoms with Gasteiger partial charge in [0.15, 0.2) is 0 Å². The van der Waals surface area contributed by atoms with Crippen LogP contribution in [0.3, 0.4) is 0 Å². The molecule has 1 amide bonds. The highest BCUT2D eigenvalue weighted by Crippen LogP contribution is 2.58. The zero-order valence-electron chi connectivity index (χ0n) is 11.4. The molecule has 1 aliphatic carbocycles. The van der Waals surface area contributed by atoms with Gasteiger partial charge in [-0.3, -0.25) is 9.59 Å². The molecule has 0 aliphatic heterocycles. The Balaban J connectivity index is 2.13. The third-order valence-electron chi connectivity index (χ3n) is 3.83. The van der Waals surface area contributed by atoms with E-state index in [-0.39, 0.29) is 5.69 Å². The minimum absolute atomic E-state index is 0.00154. The Morgan fingerprint density at radius 2 is 1.86 bits per heavy atom. The molecule has 0 heterocycles. The lowest BCUT2D eigenvalue weighted by Gasteiger charge is -2.10. The van der Waals surface area contributed by atoms with Crippen molar-refractivity contribution in [3.63, 3.8) is 0 Å². The largest absolute Gasteiger partial charge is 0.481 e. The standard InChI is InChI=1S/C14H14F3NO3/c1-13(2)9(10(13)12(20)21)11(19)18-8-5-3-4-7(6-8)14(15,16)17/h3-6,9-10H,1-2H3,(H,18,19)(H,20,21)/t9-,10+/m1/s1. The predicted octanol–water partition coefficient (Wildman–Crippen LogP) is 3.00. The first-order valence-electron chi connectivity index (χ1n) is 6.26. The Labute approximate surface area is 119 Å². The molecule has 0 saturated heterocycles. The predicted molar refractivity (Wildman–Crippen MR) is 68.5 cm³/mol. The van der Waals surface area contributed by atoms with E-state index in [0.29, 0.717) is 0 Å². The number of amides is 1. The normalized spacial score (nSPS) is 23.5. The second-order valence-electron chi connectivity index (χ2n) is 5.68. The number of halogens is 3. The van der Waals surface area contributed by atoms with Crippen molar-refractivity contribution in [2.75, 3.05) is 5.32 Å². The molecule has 1 aromatic rings. The summed E-state index contributed by atoms with van der Waals surface area (Å²) < 4.78 is 37.7.